The zero-order valence-electron chi connectivity index (χ0n) is 17.4. The minimum Gasteiger partial charge on any atom is -0.420 e. The number of nitrogens with one attached hydrogen (secondary N) is 1. The number of nitrogens with two attached hydrogens (primary N) is 1. The number of nitrogens with zero attached hydrogens (tertiary/aromatic N) is 2. The number of aliphatic hydroxyl groups is 2. The van der Waals surface area contributed by atoms with E-state index in [1.807, 2.05) is 39.0 Å². The van der Waals surface area contributed by atoms with Gasteiger partial charge in [0.2, 0.25) is 11.8 Å². The second kappa shape index (κ2) is 8.62. The first kappa shape index (κ1) is 21.4. The summed E-state index contributed by atoms with van der Waals surface area (Å²) in [5, 5.41) is 36.1. The Bertz CT molecular complexity index is 1080. The molecule has 0 saturated heterocycles. The van der Waals surface area contributed by atoms with Crippen LogP contribution in [0.15, 0.2) is 29.7 Å². The Kier molecular flexibility index (Phi) is 6.17. The van der Waals surface area contributed by atoms with Crippen LogP contribution in [0.3, 0.4) is 0 Å². The standard InChI is InChI=1S/C23H26N4O3/c1-14(2)23(19(12-24)21(25)30-22-20(23)15(3)26-27-22)18-10-16(7-5-4-6-8-28)9-17(11-18)13-29/h9-11,14,28-29H,4,6,8,13,25H2,1-3H3,(H,26,27)/t23-/m1/s1. The normalized spacial score (nSPS) is 17.8. The summed E-state index contributed by atoms with van der Waals surface area (Å²) in [6, 6.07) is 7.89. The Morgan fingerprint density at radius 2 is 2.07 bits per heavy atom. The van der Waals surface area contributed by atoms with Crippen LogP contribution in [0.2, 0.25) is 0 Å². The van der Waals surface area contributed by atoms with Gasteiger partial charge in [-0.05, 0) is 42.5 Å². The van der Waals surface area contributed by atoms with Crippen LogP contribution in [0.5, 0.6) is 5.88 Å². The van der Waals surface area contributed by atoms with Gasteiger partial charge in [-0.2, -0.15) is 5.26 Å². The number of unbranched alkanes of at least 4 members (excludes halogenated alkanes) is 1. The lowest BCUT2D eigenvalue weighted by molar-refractivity contribution is 0.281. The lowest BCUT2D eigenvalue weighted by Gasteiger charge is -2.41. The van der Waals surface area contributed by atoms with Gasteiger partial charge in [0.05, 0.1) is 17.6 Å². The summed E-state index contributed by atoms with van der Waals surface area (Å²) in [4.78, 5) is 0. The first-order valence-corrected chi connectivity index (χ1v) is 9.88. The molecule has 0 saturated carbocycles. The fraction of sp³-hybridized carbons (Fsp3) is 0.391. The molecule has 0 spiro atoms. The van der Waals surface area contributed by atoms with Crippen molar-refractivity contribution < 1.29 is 14.9 Å². The third kappa shape index (κ3) is 3.43. The van der Waals surface area contributed by atoms with Gasteiger partial charge in [-0.3, -0.25) is 5.10 Å². The molecule has 2 aromatic rings. The summed E-state index contributed by atoms with van der Waals surface area (Å²) >= 11 is 0. The maximum absolute atomic E-state index is 10.1. The Morgan fingerprint density at radius 1 is 1.30 bits per heavy atom. The zero-order chi connectivity index (χ0) is 21.9. The van der Waals surface area contributed by atoms with Crippen molar-refractivity contribution in [2.24, 2.45) is 11.7 Å². The average Bonchev–Trinajstić information content (AvgIpc) is 3.10. The van der Waals surface area contributed by atoms with Gasteiger partial charge in [-0.25, -0.2) is 0 Å². The predicted molar refractivity (Wildman–Crippen MR) is 112 cm³/mol. The number of nitriles is 1. The number of aliphatic hydroxyl groups excluding tert-OH is 2. The van der Waals surface area contributed by atoms with Crippen molar-refractivity contribution in [3.63, 3.8) is 0 Å². The van der Waals surface area contributed by atoms with Gasteiger partial charge in [-0.1, -0.05) is 31.8 Å². The van der Waals surface area contributed by atoms with E-state index < -0.39 is 5.41 Å². The van der Waals surface area contributed by atoms with Gasteiger partial charge in [0.25, 0.3) is 0 Å². The molecular formula is C23H26N4O3. The summed E-state index contributed by atoms with van der Waals surface area (Å²) in [5.41, 5.74) is 9.31. The minimum absolute atomic E-state index is 0.0233. The van der Waals surface area contributed by atoms with Crippen LogP contribution in [0, 0.1) is 36.0 Å². The number of rotatable bonds is 5. The van der Waals surface area contributed by atoms with Crippen molar-refractivity contribution in [3.8, 4) is 23.8 Å². The molecule has 0 amide bonds. The molecule has 30 heavy (non-hydrogen) atoms. The summed E-state index contributed by atoms with van der Waals surface area (Å²) in [6.45, 7) is 5.84. The van der Waals surface area contributed by atoms with Crippen molar-refractivity contribution in [2.75, 3.05) is 6.61 Å². The Balaban J connectivity index is 2.32. The molecule has 2 heterocycles. The van der Waals surface area contributed by atoms with Gasteiger partial charge >= 0.3 is 0 Å². The molecule has 1 aliphatic heterocycles. The van der Waals surface area contributed by atoms with E-state index in [0.29, 0.717) is 29.9 Å². The van der Waals surface area contributed by atoms with Crippen molar-refractivity contribution in [2.45, 2.75) is 45.6 Å². The number of hydrogen-bond acceptors (Lipinski definition) is 6. The van der Waals surface area contributed by atoms with Crippen molar-refractivity contribution in [1.29, 1.82) is 5.26 Å². The second-order valence-electron chi connectivity index (χ2n) is 7.65. The van der Waals surface area contributed by atoms with Crippen molar-refractivity contribution >= 4 is 0 Å². The van der Waals surface area contributed by atoms with E-state index in [0.717, 1.165) is 22.4 Å². The number of aromatic amines is 1. The van der Waals surface area contributed by atoms with Crippen molar-refractivity contribution in [1.82, 2.24) is 10.2 Å². The fourth-order valence-corrected chi connectivity index (χ4v) is 4.18. The smallest absolute Gasteiger partial charge is 0.244 e. The van der Waals surface area contributed by atoms with Gasteiger partial charge in [0.15, 0.2) is 0 Å². The average molecular weight is 406 g/mol. The zero-order valence-corrected chi connectivity index (χ0v) is 17.4. The number of aryl methyl sites for hydroxylation is 1. The number of hydrogen-bond donors (Lipinski definition) is 4. The highest BCUT2D eigenvalue weighted by atomic mass is 16.5. The van der Waals surface area contributed by atoms with E-state index >= 15 is 0 Å². The molecule has 0 fully saturated rings. The highest BCUT2D eigenvalue weighted by molar-refractivity contribution is 5.63. The Morgan fingerprint density at radius 3 is 2.70 bits per heavy atom. The Labute approximate surface area is 176 Å². The van der Waals surface area contributed by atoms with Gasteiger partial charge < -0.3 is 20.7 Å². The number of ether oxygens (including phenoxy) is 1. The lowest BCUT2D eigenvalue weighted by Crippen LogP contribution is -2.41. The third-order valence-corrected chi connectivity index (χ3v) is 5.46. The topological polar surface area (TPSA) is 128 Å². The molecule has 0 unspecified atom stereocenters. The maximum Gasteiger partial charge on any atom is 0.244 e. The molecular weight excluding hydrogens is 380 g/mol. The van der Waals surface area contributed by atoms with Crippen LogP contribution < -0.4 is 10.5 Å². The predicted octanol–water partition coefficient (Wildman–Crippen LogP) is 2.36. The second-order valence-corrected chi connectivity index (χ2v) is 7.65. The number of allylic oxidation sites excluding steroid dienone is 1. The molecule has 156 valence electrons. The molecule has 1 atom stereocenters. The number of fused-ring (bicyclic) bond motifs is 1. The first-order chi connectivity index (χ1) is 14.4. The van der Waals surface area contributed by atoms with Crippen LogP contribution in [-0.2, 0) is 12.0 Å². The van der Waals surface area contributed by atoms with Crippen molar-refractivity contribution in [3.05, 3.63) is 57.6 Å². The number of aromatic nitrogens is 2. The number of H-pyrrole nitrogens is 1. The largest absolute Gasteiger partial charge is 0.420 e. The monoisotopic (exact) mass is 406 g/mol. The summed E-state index contributed by atoms with van der Waals surface area (Å²) < 4.78 is 5.65. The molecule has 1 aliphatic rings. The van der Waals surface area contributed by atoms with E-state index in [-0.39, 0.29) is 25.0 Å². The van der Waals surface area contributed by atoms with Gasteiger partial charge in [-0.15, -0.1) is 5.10 Å². The number of benzene rings is 1. The minimum atomic E-state index is -0.907. The molecule has 7 nitrogen and oxygen atoms in total. The molecule has 1 aromatic heterocycles. The maximum atomic E-state index is 10.1. The molecule has 0 radical (unpaired) electrons. The van der Waals surface area contributed by atoms with Gasteiger partial charge in [0.1, 0.15) is 11.6 Å². The molecule has 7 heteroatoms. The van der Waals surface area contributed by atoms with Crippen LogP contribution in [0.4, 0.5) is 0 Å². The molecule has 0 aliphatic carbocycles. The Hall–Kier alpha value is -3.26. The van der Waals surface area contributed by atoms with Crippen LogP contribution >= 0.6 is 0 Å². The molecule has 1 aromatic carbocycles. The van der Waals surface area contributed by atoms with E-state index in [1.54, 1.807) is 0 Å². The summed E-state index contributed by atoms with van der Waals surface area (Å²) in [5.74, 6) is 6.46. The lowest BCUT2D eigenvalue weighted by atomic mass is 9.61. The van der Waals surface area contributed by atoms with E-state index in [4.69, 9.17) is 15.6 Å². The third-order valence-electron chi connectivity index (χ3n) is 5.46. The molecule has 5 N–H and O–H groups in total. The summed E-state index contributed by atoms with van der Waals surface area (Å²) in [6.07, 6.45) is 1.17. The van der Waals surface area contributed by atoms with Crippen LogP contribution in [-0.4, -0.2) is 27.0 Å². The molecule has 0 bridgehead atoms. The van der Waals surface area contributed by atoms with E-state index in [1.165, 1.54) is 0 Å². The highest BCUT2D eigenvalue weighted by Gasteiger charge is 2.50. The fourth-order valence-electron chi connectivity index (χ4n) is 4.18. The van der Waals surface area contributed by atoms with E-state index in [9.17, 15) is 10.4 Å². The van der Waals surface area contributed by atoms with Crippen LogP contribution in [0.25, 0.3) is 0 Å². The highest BCUT2D eigenvalue weighted by Crippen LogP contribution is 2.52. The first-order valence-electron chi connectivity index (χ1n) is 9.88. The van der Waals surface area contributed by atoms with Gasteiger partial charge in [0, 0.05) is 24.3 Å². The summed E-state index contributed by atoms with van der Waals surface area (Å²) in [7, 11) is 0. The molecule has 3 rings (SSSR count). The van der Waals surface area contributed by atoms with Crippen LogP contribution in [0.1, 0.15) is 54.6 Å². The van der Waals surface area contributed by atoms with E-state index in [2.05, 4.69) is 28.1 Å². The SMILES string of the molecule is Cc1[nH]nc2c1[C@@](c1cc(C#CCCCO)cc(CO)c1)(C(C)C)C(C#N)=C(N)O2. The quantitative estimate of drug-likeness (QED) is 0.446.